The van der Waals surface area contributed by atoms with Crippen LogP contribution in [-0.4, -0.2) is 73.3 Å². The topological polar surface area (TPSA) is 67.6 Å². The molecule has 0 saturated carbocycles. The molecular formula is C13H22N4O2. The Balaban J connectivity index is 2.29. The standard InChI is InChI=1S/C13H22N4O2/c1-15(10-12(18)16(2)7-5-6-14)11-13(19)17-8-3-4-9-17/h3-5,7-11H2,1-2H3. The van der Waals surface area contributed by atoms with Crippen molar-refractivity contribution in [2.45, 2.75) is 19.3 Å². The summed E-state index contributed by atoms with van der Waals surface area (Å²) in [5.74, 6) is 0.0273. The molecule has 1 aliphatic heterocycles. The second-order valence-corrected chi connectivity index (χ2v) is 4.98. The highest BCUT2D eigenvalue weighted by molar-refractivity contribution is 5.81. The van der Waals surface area contributed by atoms with Crippen molar-refractivity contribution < 1.29 is 9.59 Å². The van der Waals surface area contributed by atoms with Gasteiger partial charge in [0.2, 0.25) is 11.8 Å². The Hall–Kier alpha value is -1.61. The van der Waals surface area contributed by atoms with E-state index in [1.807, 2.05) is 11.0 Å². The van der Waals surface area contributed by atoms with Crippen LogP contribution in [0.5, 0.6) is 0 Å². The minimum atomic E-state index is -0.0630. The number of hydrogen-bond acceptors (Lipinski definition) is 4. The Morgan fingerprint density at radius 3 is 2.42 bits per heavy atom. The molecule has 1 fully saturated rings. The average Bonchev–Trinajstić information content (AvgIpc) is 2.89. The highest BCUT2D eigenvalue weighted by Crippen LogP contribution is 2.07. The molecular weight excluding hydrogens is 244 g/mol. The Bertz CT molecular complexity index is 358. The van der Waals surface area contributed by atoms with Gasteiger partial charge in [0.25, 0.3) is 0 Å². The molecule has 0 aromatic carbocycles. The third kappa shape index (κ3) is 5.26. The van der Waals surface area contributed by atoms with Crippen LogP contribution < -0.4 is 0 Å². The number of nitrogens with zero attached hydrogens (tertiary/aromatic N) is 4. The molecule has 0 aliphatic carbocycles. The molecule has 0 bridgehead atoms. The zero-order valence-electron chi connectivity index (χ0n) is 11.8. The van der Waals surface area contributed by atoms with E-state index in [2.05, 4.69) is 0 Å². The number of nitriles is 1. The number of likely N-dealkylation sites (N-methyl/N-ethyl adjacent to an activating group) is 2. The van der Waals surface area contributed by atoms with Crippen molar-refractivity contribution in [3.05, 3.63) is 0 Å². The fraction of sp³-hybridized carbons (Fsp3) is 0.769. The first kappa shape index (κ1) is 15.4. The Labute approximate surface area is 114 Å². The molecule has 1 aliphatic rings. The van der Waals surface area contributed by atoms with E-state index in [4.69, 9.17) is 5.26 Å². The van der Waals surface area contributed by atoms with Crippen LogP contribution in [0.2, 0.25) is 0 Å². The molecule has 1 heterocycles. The predicted octanol–water partition coefficient (Wildman–Crippen LogP) is -0.0873. The molecule has 19 heavy (non-hydrogen) atoms. The van der Waals surface area contributed by atoms with Gasteiger partial charge in [-0.1, -0.05) is 0 Å². The summed E-state index contributed by atoms with van der Waals surface area (Å²) in [6, 6.07) is 2.01. The zero-order valence-corrected chi connectivity index (χ0v) is 11.8. The smallest absolute Gasteiger partial charge is 0.236 e. The fourth-order valence-electron chi connectivity index (χ4n) is 2.05. The van der Waals surface area contributed by atoms with Crippen molar-refractivity contribution in [2.75, 3.05) is 46.8 Å². The zero-order chi connectivity index (χ0) is 14.3. The first-order chi connectivity index (χ1) is 9.04. The van der Waals surface area contributed by atoms with E-state index >= 15 is 0 Å². The van der Waals surface area contributed by atoms with Gasteiger partial charge in [0, 0.05) is 26.7 Å². The summed E-state index contributed by atoms with van der Waals surface area (Å²) >= 11 is 0. The molecule has 1 rings (SSSR count). The van der Waals surface area contributed by atoms with Gasteiger partial charge in [0.05, 0.1) is 25.6 Å². The number of carbonyl (C=O) groups is 2. The van der Waals surface area contributed by atoms with Crippen LogP contribution in [0, 0.1) is 11.3 Å². The van der Waals surface area contributed by atoms with E-state index in [-0.39, 0.29) is 24.9 Å². The predicted molar refractivity (Wildman–Crippen MR) is 71.2 cm³/mol. The van der Waals surface area contributed by atoms with Crippen LogP contribution >= 0.6 is 0 Å². The molecule has 2 amide bonds. The number of carbonyl (C=O) groups excluding carboxylic acids is 2. The lowest BCUT2D eigenvalue weighted by Crippen LogP contribution is -2.42. The summed E-state index contributed by atoms with van der Waals surface area (Å²) in [6.07, 6.45) is 2.48. The Morgan fingerprint density at radius 1 is 1.21 bits per heavy atom. The summed E-state index contributed by atoms with van der Waals surface area (Å²) in [4.78, 5) is 28.8. The van der Waals surface area contributed by atoms with Crippen LogP contribution in [0.15, 0.2) is 0 Å². The maximum Gasteiger partial charge on any atom is 0.236 e. The monoisotopic (exact) mass is 266 g/mol. The molecule has 1 saturated heterocycles. The van der Waals surface area contributed by atoms with Crippen molar-refractivity contribution >= 4 is 11.8 Å². The van der Waals surface area contributed by atoms with Gasteiger partial charge >= 0.3 is 0 Å². The van der Waals surface area contributed by atoms with E-state index in [1.165, 1.54) is 4.90 Å². The van der Waals surface area contributed by atoms with Crippen molar-refractivity contribution in [1.82, 2.24) is 14.7 Å². The van der Waals surface area contributed by atoms with Crippen LogP contribution in [0.25, 0.3) is 0 Å². The van der Waals surface area contributed by atoms with Gasteiger partial charge in [0.1, 0.15) is 0 Å². The number of amides is 2. The van der Waals surface area contributed by atoms with Gasteiger partial charge in [-0.3, -0.25) is 14.5 Å². The summed E-state index contributed by atoms with van der Waals surface area (Å²) < 4.78 is 0. The third-order valence-electron chi connectivity index (χ3n) is 3.25. The third-order valence-corrected chi connectivity index (χ3v) is 3.25. The second-order valence-electron chi connectivity index (χ2n) is 4.98. The number of rotatable bonds is 6. The van der Waals surface area contributed by atoms with Gasteiger partial charge in [0.15, 0.2) is 0 Å². The van der Waals surface area contributed by atoms with E-state index in [9.17, 15) is 9.59 Å². The molecule has 0 aromatic rings. The van der Waals surface area contributed by atoms with Crippen LogP contribution in [0.4, 0.5) is 0 Å². The lowest BCUT2D eigenvalue weighted by molar-refractivity contribution is -0.133. The van der Waals surface area contributed by atoms with Gasteiger partial charge < -0.3 is 9.80 Å². The lowest BCUT2D eigenvalue weighted by Gasteiger charge is -2.23. The summed E-state index contributed by atoms with van der Waals surface area (Å²) in [5.41, 5.74) is 0. The molecule has 0 atom stereocenters. The maximum absolute atomic E-state index is 11.9. The molecule has 6 nitrogen and oxygen atoms in total. The molecule has 6 heteroatoms. The SMILES string of the molecule is CN(CC(=O)N(C)CCC#N)CC(=O)N1CCCC1. The van der Waals surface area contributed by atoms with Gasteiger partial charge in [-0.15, -0.1) is 0 Å². The summed E-state index contributed by atoms with van der Waals surface area (Å²) in [6.45, 7) is 2.59. The first-order valence-electron chi connectivity index (χ1n) is 6.62. The van der Waals surface area contributed by atoms with Crippen molar-refractivity contribution in [2.24, 2.45) is 0 Å². The highest BCUT2D eigenvalue weighted by Gasteiger charge is 2.20. The van der Waals surface area contributed by atoms with Gasteiger partial charge in [-0.2, -0.15) is 5.26 Å². The summed E-state index contributed by atoms with van der Waals surface area (Å²) in [5, 5.41) is 8.47. The molecule has 0 aromatic heterocycles. The van der Waals surface area contributed by atoms with Crippen molar-refractivity contribution in [3.63, 3.8) is 0 Å². The van der Waals surface area contributed by atoms with Crippen LogP contribution in [0.1, 0.15) is 19.3 Å². The minimum Gasteiger partial charge on any atom is -0.344 e. The quantitative estimate of drug-likeness (QED) is 0.674. The molecule has 0 radical (unpaired) electrons. The van der Waals surface area contributed by atoms with Crippen LogP contribution in [0.3, 0.4) is 0 Å². The number of likely N-dealkylation sites (tertiary alicyclic amines) is 1. The Kier molecular flexibility index (Phi) is 6.30. The van der Waals surface area contributed by atoms with Gasteiger partial charge in [-0.05, 0) is 19.9 Å². The lowest BCUT2D eigenvalue weighted by atomic mass is 10.4. The van der Waals surface area contributed by atoms with E-state index in [0.717, 1.165) is 25.9 Å². The van der Waals surface area contributed by atoms with E-state index in [1.54, 1.807) is 19.0 Å². The largest absolute Gasteiger partial charge is 0.344 e. The normalized spacial score (nSPS) is 14.5. The Morgan fingerprint density at radius 2 is 1.84 bits per heavy atom. The fourth-order valence-corrected chi connectivity index (χ4v) is 2.05. The number of hydrogen-bond donors (Lipinski definition) is 0. The molecule has 0 N–H and O–H groups in total. The van der Waals surface area contributed by atoms with E-state index in [0.29, 0.717) is 13.0 Å². The second kappa shape index (κ2) is 7.74. The first-order valence-corrected chi connectivity index (χ1v) is 6.62. The molecule has 106 valence electrons. The van der Waals surface area contributed by atoms with Crippen molar-refractivity contribution in [1.29, 1.82) is 5.26 Å². The average molecular weight is 266 g/mol. The van der Waals surface area contributed by atoms with Gasteiger partial charge in [-0.25, -0.2) is 0 Å². The minimum absolute atomic E-state index is 0.0630. The highest BCUT2D eigenvalue weighted by atomic mass is 16.2. The van der Waals surface area contributed by atoms with E-state index < -0.39 is 0 Å². The summed E-state index contributed by atoms with van der Waals surface area (Å²) in [7, 11) is 3.44. The molecule has 0 unspecified atom stereocenters. The van der Waals surface area contributed by atoms with Crippen LogP contribution in [-0.2, 0) is 9.59 Å². The maximum atomic E-state index is 11.9. The van der Waals surface area contributed by atoms with Crippen molar-refractivity contribution in [3.8, 4) is 6.07 Å². The molecule has 0 spiro atoms.